The molecule has 3 heterocycles. The Kier molecular flexibility index (Phi) is 6.78. The summed E-state index contributed by atoms with van der Waals surface area (Å²) in [5, 5.41) is 10.5. The third-order valence-electron chi connectivity index (χ3n) is 6.52. The highest BCUT2D eigenvalue weighted by Gasteiger charge is 2.19. The molecule has 1 aliphatic heterocycles. The van der Waals surface area contributed by atoms with E-state index in [1.807, 2.05) is 51.4 Å². The fourth-order valence-corrected chi connectivity index (χ4v) is 4.59. The van der Waals surface area contributed by atoms with Gasteiger partial charge in [-0.2, -0.15) is 0 Å². The van der Waals surface area contributed by atoms with Crippen molar-refractivity contribution in [2.75, 3.05) is 49.3 Å². The lowest BCUT2D eigenvalue weighted by Crippen LogP contribution is -2.28. The van der Waals surface area contributed by atoms with Crippen LogP contribution in [0, 0.1) is 6.92 Å². The second-order valence-electron chi connectivity index (χ2n) is 9.03. The van der Waals surface area contributed by atoms with Gasteiger partial charge in [0.1, 0.15) is 12.4 Å². The van der Waals surface area contributed by atoms with E-state index in [-0.39, 0.29) is 5.91 Å². The van der Waals surface area contributed by atoms with Crippen LogP contribution in [0.2, 0.25) is 0 Å². The van der Waals surface area contributed by atoms with E-state index in [0.717, 1.165) is 64.5 Å². The highest BCUT2D eigenvalue weighted by atomic mass is 16.5. The first-order valence-corrected chi connectivity index (χ1v) is 12.3. The molecule has 0 aliphatic carbocycles. The Morgan fingerprint density at radius 1 is 1.27 bits per heavy atom. The minimum atomic E-state index is -0.270. The number of amides is 1. The van der Waals surface area contributed by atoms with Crippen molar-refractivity contribution in [3.63, 3.8) is 0 Å². The fourth-order valence-electron chi connectivity index (χ4n) is 4.59. The molecule has 2 aromatic heterocycles. The summed E-state index contributed by atoms with van der Waals surface area (Å²) in [6, 6.07) is 12.0. The molecule has 190 valence electrons. The molecular weight excluding hydrogens is 466 g/mol. The van der Waals surface area contributed by atoms with Crippen LogP contribution in [0.1, 0.15) is 5.56 Å². The van der Waals surface area contributed by atoms with Crippen LogP contribution in [-0.2, 0) is 11.3 Å². The number of carbonyl (C=O) groups is 1. The van der Waals surface area contributed by atoms with Crippen molar-refractivity contribution in [3.05, 3.63) is 67.0 Å². The first-order valence-electron chi connectivity index (χ1n) is 12.3. The first kappa shape index (κ1) is 24.3. The summed E-state index contributed by atoms with van der Waals surface area (Å²) >= 11 is 0. The second-order valence-corrected chi connectivity index (χ2v) is 9.03. The zero-order chi connectivity index (χ0) is 25.9. The number of ether oxygens (including phenoxy) is 1. The smallest absolute Gasteiger partial charge is 0.247 e. The molecule has 5 rings (SSSR count). The molecule has 0 saturated heterocycles. The molecule has 2 aromatic carbocycles. The van der Waals surface area contributed by atoms with Gasteiger partial charge in [0.2, 0.25) is 11.9 Å². The number of aromatic nitrogens is 3. The van der Waals surface area contributed by atoms with Crippen molar-refractivity contribution in [2.45, 2.75) is 13.5 Å². The Balaban J connectivity index is 1.49. The van der Waals surface area contributed by atoms with Crippen LogP contribution in [0.3, 0.4) is 0 Å². The van der Waals surface area contributed by atoms with Crippen molar-refractivity contribution in [1.29, 1.82) is 0 Å². The second kappa shape index (κ2) is 10.3. The lowest BCUT2D eigenvalue weighted by atomic mass is 10.1. The first-order chi connectivity index (χ1) is 18.0. The summed E-state index contributed by atoms with van der Waals surface area (Å²) in [6.07, 6.45) is 5.15. The van der Waals surface area contributed by atoms with Crippen LogP contribution in [0.25, 0.3) is 22.2 Å². The molecule has 1 aliphatic rings. The van der Waals surface area contributed by atoms with E-state index in [9.17, 15) is 4.79 Å². The summed E-state index contributed by atoms with van der Waals surface area (Å²) in [4.78, 5) is 23.6. The van der Waals surface area contributed by atoms with E-state index in [1.54, 1.807) is 6.20 Å². The summed E-state index contributed by atoms with van der Waals surface area (Å²) in [6.45, 7) is 8.66. The SMILES string of the molecule is C=CC(=O)Nc1cc(Nc2nccc(-c3cn4c5c(cccc35)OCC4)n2)c(C)cc1N(C)CCNC. The Morgan fingerprint density at radius 2 is 2.14 bits per heavy atom. The van der Waals surface area contributed by atoms with Crippen molar-refractivity contribution >= 4 is 39.8 Å². The lowest BCUT2D eigenvalue weighted by molar-refractivity contribution is -0.111. The van der Waals surface area contributed by atoms with Gasteiger partial charge in [-0.15, -0.1) is 0 Å². The van der Waals surface area contributed by atoms with E-state index < -0.39 is 0 Å². The van der Waals surface area contributed by atoms with Crippen molar-refractivity contribution in [3.8, 4) is 17.0 Å². The topological polar surface area (TPSA) is 96.3 Å². The van der Waals surface area contributed by atoms with Crippen LogP contribution in [0.4, 0.5) is 23.0 Å². The van der Waals surface area contributed by atoms with Gasteiger partial charge in [-0.1, -0.05) is 18.7 Å². The minimum absolute atomic E-state index is 0.270. The van der Waals surface area contributed by atoms with Crippen LogP contribution in [0.15, 0.2) is 61.4 Å². The van der Waals surface area contributed by atoms with E-state index in [2.05, 4.69) is 49.2 Å². The average molecular weight is 498 g/mol. The molecule has 4 aromatic rings. The number of anilines is 4. The highest BCUT2D eigenvalue weighted by Crippen LogP contribution is 2.37. The van der Waals surface area contributed by atoms with Crippen molar-refractivity contribution in [1.82, 2.24) is 19.9 Å². The van der Waals surface area contributed by atoms with Gasteiger partial charge in [-0.25, -0.2) is 9.97 Å². The van der Waals surface area contributed by atoms with E-state index in [1.165, 1.54) is 6.08 Å². The number of hydrogen-bond donors (Lipinski definition) is 3. The van der Waals surface area contributed by atoms with E-state index in [0.29, 0.717) is 18.2 Å². The maximum Gasteiger partial charge on any atom is 0.247 e. The van der Waals surface area contributed by atoms with Crippen LogP contribution in [0.5, 0.6) is 5.75 Å². The predicted octanol–water partition coefficient (Wildman–Crippen LogP) is 4.32. The normalized spacial score (nSPS) is 12.2. The number of hydrogen-bond acceptors (Lipinski definition) is 7. The Morgan fingerprint density at radius 3 is 2.95 bits per heavy atom. The molecule has 0 spiro atoms. The number of rotatable bonds is 9. The molecule has 0 bridgehead atoms. The number of para-hydroxylation sites is 1. The number of aryl methyl sites for hydroxylation is 1. The molecule has 0 atom stereocenters. The van der Waals surface area contributed by atoms with Crippen LogP contribution in [-0.4, -0.2) is 54.2 Å². The molecule has 0 saturated carbocycles. The highest BCUT2D eigenvalue weighted by molar-refractivity contribution is 6.02. The largest absolute Gasteiger partial charge is 0.490 e. The van der Waals surface area contributed by atoms with Gasteiger partial charge in [-0.05, 0) is 49.9 Å². The number of likely N-dealkylation sites (N-methyl/N-ethyl adjacent to an activating group) is 2. The molecule has 0 radical (unpaired) electrons. The minimum Gasteiger partial charge on any atom is -0.490 e. The third-order valence-corrected chi connectivity index (χ3v) is 6.52. The maximum atomic E-state index is 12.2. The molecule has 1 amide bonds. The van der Waals surface area contributed by atoms with Gasteiger partial charge in [0.05, 0.1) is 29.1 Å². The molecular formula is C28H31N7O2. The van der Waals surface area contributed by atoms with Gasteiger partial charge >= 0.3 is 0 Å². The van der Waals surface area contributed by atoms with Gasteiger partial charge in [0.15, 0.2) is 0 Å². The van der Waals surface area contributed by atoms with Crippen LogP contribution >= 0.6 is 0 Å². The quantitative estimate of drug-likeness (QED) is 0.296. The number of nitrogens with zero attached hydrogens (tertiary/aromatic N) is 4. The number of carbonyl (C=O) groups excluding carboxylic acids is 1. The van der Waals surface area contributed by atoms with Gasteiger partial charge < -0.3 is 30.2 Å². The molecule has 37 heavy (non-hydrogen) atoms. The summed E-state index contributed by atoms with van der Waals surface area (Å²) in [5.74, 6) is 1.10. The zero-order valence-electron chi connectivity index (χ0n) is 21.3. The fraction of sp³-hybridized carbons (Fsp3) is 0.250. The Bertz CT molecular complexity index is 1480. The summed E-state index contributed by atoms with van der Waals surface area (Å²) in [7, 11) is 3.91. The van der Waals surface area contributed by atoms with E-state index in [4.69, 9.17) is 9.72 Å². The van der Waals surface area contributed by atoms with Gasteiger partial charge in [-0.3, -0.25) is 4.79 Å². The molecule has 9 heteroatoms. The predicted molar refractivity (Wildman–Crippen MR) is 149 cm³/mol. The summed E-state index contributed by atoms with van der Waals surface area (Å²) in [5.41, 5.74) is 6.35. The van der Waals surface area contributed by atoms with Gasteiger partial charge in [0, 0.05) is 49.2 Å². The number of benzene rings is 2. The van der Waals surface area contributed by atoms with Crippen molar-refractivity contribution < 1.29 is 9.53 Å². The monoisotopic (exact) mass is 497 g/mol. The molecule has 0 unspecified atom stereocenters. The maximum absolute atomic E-state index is 12.2. The Hall–Kier alpha value is -4.37. The third kappa shape index (κ3) is 4.85. The van der Waals surface area contributed by atoms with E-state index >= 15 is 0 Å². The standard InChI is InChI=1S/C28H31N7O2/c1-5-26(36)31-23-16-22(18(2)15-24(23)34(4)12-11-29-3)33-28-30-10-9-21(32-28)20-17-35-13-14-37-25-8-6-7-19(20)27(25)35/h5-10,15-17,29H,1,11-14H2,2-4H3,(H,31,36)(H,30,32,33). The van der Waals surface area contributed by atoms with Crippen molar-refractivity contribution in [2.24, 2.45) is 0 Å². The molecule has 0 fully saturated rings. The summed E-state index contributed by atoms with van der Waals surface area (Å²) < 4.78 is 8.07. The van der Waals surface area contributed by atoms with Gasteiger partial charge in [0.25, 0.3) is 0 Å². The zero-order valence-corrected chi connectivity index (χ0v) is 21.3. The number of nitrogens with one attached hydrogen (secondary N) is 3. The Labute approximate surface area is 216 Å². The molecule has 3 N–H and O–H groups in total. The average Bonchev–Trinajstić information content (AvgIpc) is 3.29. The molecule has 9 nitrogen and oxygen atoms in total. The lowest BCUT2D eigenvalue weighted by Gasteiger charge is -2.24. The van der Waals surface area contributed by atoms with Crippen LogP contribution < -0.4 is 25.6 Å².